The van der Waals surface area contributed by atoms with E-state index >= 15 is 0 Å². The van der Waals surface area contributed by atoms with Crippen LogP contribution in [0.4, 0.5) is 4.79 Å². The molecular formula is C10H18N2O3. The number of aliphatic carboxylic acids is 1. The number of hydrogen-bond donors (Lipinski definition) is 2. The van der Waals surface area contributed by atoms with Crippen molar-refractivity contribution in [1.29, 1.82) is 0 Å². The molecule has 1 saturated heterocycles. The lowest BCUT2D eigenvalue weighted by atomic mass is 10.0. The number of hydrogen-bond acceptors (Lipinski definition) is 2. The first-order valence-corrected chi connectivity index (χ1v) is 5.37. The standard InChI is InChI=1S/C10H18N2O3/c1-8-4-2-3-7-12(8)10(15)11-6-5-9(13)14/h8H,2-7H2,1H3,(H,11,15)(H,13,14). The third-order valence-electron chi connectivity index (χ3n) is 2.68. The summed E-state index contributed by atoms with van der Waals surface area (Å²) in [6.45, 7) is 3.01. The molecule has 1 aliphatic heterocycles. The third-order valence-corrected chi connectivity index (χ3v) is 2.68. The summed E-state index contributed by atoms with van der Waals surface area (Å²) < 4.78 is 0. The van der Waals surface area contributed by atoms with E-state index in [4.69, 9.17) is 5.11 Å². The van der Waals surface area contributed by atoms with Gasteiger partial charge in [0.25, 0.3) is 0 Å². The van der Waals surface area contributed by atoms with E-state index in [0.717, 1.165) is 19.4 Å². The van der Waals surface area contributed by atoms with Crippen molar-refractivity contribution in [2.24, 2.45) is 0 Å². The fraction of sp³-hybridized carbons (Fsp3) is 0.800. The van der Waals surface area contributed by atoms with Crippen LogP contribution in [0.5, 0.6) is 0 Å². The molecule has 0 saturated carbocycles. The molecule has 2 N–H and O–H groups in total. The first-order chi connectivity index (χ1) is 7.11. The van der Waals surface area contributed by atoms with Crippen LogP contribution < -0.4 is 5.32 Å². The van der Waals surface area contributed by atoms with Crippen molar-refractivity contribution in [3.63, 3.8) is 0 Å². The topological polar surface area (TPSA) is 69.6 Å². The van der Waals surface area contributed by atoms with E-state index in [-0.39, 0.29) is 25.0 Å². The van der Waals surface area contributed by atoms with Crippen molar-refractivity contribution in [2.45, 2.75) is 38.6 Å². The second kappa shape index (κ2) is 5.58. The molecule has 1 fully saturated rings. The average molecular weight is 214 g/mol. The highest BCUT2D eigenvalue weighted by molar-refractivity contribution is 5.75. The number of urea groups is 1. The Hall–Kier alpha value is -1.26. The highest BCUT2D eigenvalue weighted by Gasteiger charge is 2.22. The molecular weight excluding hydrogens is 196 g/mol. The molecule has 0 spiro atoms. The zero-order valence-corrected chi connectivity index (χ0v) is 9.03. The number of rotatable bonds is 3. The zero-order valence-electron chi connectivity index (χ0n) is 9.03. The molecule has 1 unspecified atom stereocenters. The van der Waals surface area contributed by atoms with Crippen LogP contribution in [-0.4, -0.2) is 41.1 Å². The number of carboxylic acids is 1. The second-order valence-electron chi connectivity index (χ2n) is 3.91. The Labute approximate surface area is 89.4 Å². The fourth-order valence-electron chi connectivity index (χ4n) is 1.78. The number of carbonyl (C=O) groups excluding carboxylic acids is 1. The van der Waals surface area contributed by atoms with Gasteiger partial charge in [-0.2, -0.15) is 0 Å². The van der Waals surface area contributed by atoms with Crippen molar-refractivity contribution >= 4 is 12.0 Å². The smallest absolute Gasteiger partial charge is 0.317 e. The summed E-state index contributed by atoms with van der Waals surface area (Å²) in [7, 11) is 0. The SMILES string of the molecule is CC1CCCCN1C(=O)NCCC(=O)O. The van der Waals surface area contributed by atoms with Crippen molar-refractivity contribution in [2.75, 3.05) is 13.1 Å². The summed E-state index contributed by atoms with van der Waals surface area (Å²) >= 11 is 0. The maximum Gasteiger partial charge on any atom is 0.317 e. The maximum atomic E-state index is 11.6. The summed E-state index contributed by atoms with van der Waals surface area (Å²) in [5.41, 5.74) is 0. The summed E-state index contributed by atoms with van der Waals surface area (Å²) in [4.78, 5) is 23.7. The molecule has 0 aliphatic carbocycles. The van der Waals surface area contributed by atoms with Gasteiger partial charge in [0.1, 0.15) is 0 Å². The van der Waals surface area contributed by atoms with E-state index in [1.807, 2.05) is 6.92 Å². The maximum absolute atomic E-state index is 11.6. The van der Waals surface area contributed by atoms with Gasteiger partial charge in [0.05, 0.1) is 6.42 Å². The van der Waals surface area contributed by atoms with Gasteiger partial charge in [-0.1, -0.05) is 0 Å². The average Bonchev–Trinajstić information content (AvgIpc) is 2.17. The predicted octanol–water partition coefficient (Wildman–Crippen LogP) is 1.05. The number of nitrogens with zero attached hydrogens (tertiary/aromatic N) is 1. The molecule has 5 heteroatoms. The number of carboxylic acid groups (broad SMARTS) is 1. The number of carbonyl (C=O) groups is 2. The lowest BCUT2D eigenvalue weighted by Gasteiger charge is -2.33. The molecule has 0 radical (unpaired) electrons. The van der Waals surface area contributed by atoms with Crippen LogP contribution >= 0.6 is 0 Å². The van der Waals surface area contributed by atoms with Crippen LogP contribution in [0.3, 0.4) is 0 Å². The van der Waals surface area contributed by atoms with Crippen LogP contribution in [0.2, 0.25) is 0 Å². The number of amides is 2. The van der Waals surface area contributed by atoms with Gasteiger partial charge in [-0.15, -0.1) is 0 Å². The molecule has 0 bridgehead atoms. The highest BCUT2D eigenvalue weighted by Crippen LogP contribution is 2.15. The van der Waals surface area contributed by atoms with Gasteiger partial charge < -0.3 is 15.3 Å². The molecule has 0 aromatic carbocycles. The normalized spacial score (nSPS) is 21.1. The zero-order chi connectivity index (χ0) is 11.3. The van der Waals surface area contributed by atoms with Gasteiger partial charge >= 0.3 is 12.0 Å². The van der Waals surface area contributed by atoms with Gasteiger partial charge in [0.2, 0.25) is 0 Å². The van der Waals surface area contributed by atoms with E-state index in [1.165, 1.54) is 6.42 Å². The summed E-state index contributed by atoms with van der Waals surface area (Å²) in [5.74, 6) is -0.887. The van der Waals surface area contributed by atoms with E-state index in [2.05, 4.69) is 5.32 Å². The minimum absolute atomic E-state index is 0.0199. The number of likely N-dealkylation sites (tertiary alicyclic amines) is 1. The molecule has 1 heterocycles. The van der Waals surface area contributed by atoms with Gasteiger partial charge in [0.15, 0.2) is 0 Å². The van der Waals surface area contributed by atoms with Gasteiger partial charge in [0, 0.05) is 19.1 Å². The molecule has 1 rings (SSSR count). The largest absolute Gasteiger partial charge is 0.481 e. The lowest BCUT2D eigenvalue weighted by molar-refractivity contribution is -0.136. The lowest BCUT2D eigenvalue weighted by Crippen LogP contribution is -2.47. The minimum atomic E-state index is -0.887. The quantitative estimate of drug-likeness (QED) is 0.737. The second-order valence-corrected chi connectivity index (χ2v) is 3.91. The molecule has 86 valence electrons. The van der Waals surface area contributed by atoms with Crippen LogP contribution in [0, 0.1) is 0 Å². The van der Waals surface area contributed by atoms with E-state index in [0.29, 0.717) is 0 Å². The Bertz CT molecular complexity index is 243. The number of piperidine rings is 1. The third kappa shape index (κ3) is 3.77. The Morgan fingerprint density at radius 3 is 2.80 bits per heavy atom. The van der Waals surface area contributed by atoms with E-state index < -0.39 is 5.97 Å². The molecule has 2 amide bonds. The van der Waals surface area contributed by atoms with Crippen molar-refractivity contribution in [1.82, 2.24) is 10.2 Å². The molecule has 15 heavy (non-hydrogen) atoms. The van der Waals surface area contributed by atoms with Gasteiger partial charge in [-0.05, 0) is 26.2 Å². The Morgan fingerprint density at radius 2 is 2.20 bits per heavy atom. The monoisotopic (exact) mass is 214 g/mol. The Morgan fingerprint density at radius 1 is 1.47 bits per heavy atom. The van der Waals surface area contributed by atoms with Crippen molar-refractivity contribution in [3.8, 4) is 0 Å². The first-order valence-electron chi connectivity index (χ1n) is 5.37. The van der Waals surface area contributed by atoms with Crippen molar-refractivity contribution < 1.29 is 14.7 Å². The molecule has 0 aromatic rings. The first kappa shape index (κ1) is 11.8. The molecule has 1 atom stereocenters. The van der Waals surface area contributed by atoms with Crippen LogP contribution in [0.15, 0.2) is 0 Å². The summed E-state index contributed by atoms with van der Waals surface area (Å²) in [5, 5.41) is 11.0. The Kier molecular flexibility index (Phi) is 4.39. The van der Waals surface area contributed by atoms with Gasteiger partial charge in [-0.3, -0.25) is 4.79 Å². The highest BCUT2D eigenvalue weighted by atomic mass is 16.4. The van der Waals surface area contributed by atoms with Crippen molar-refractivity contribution in [3.05, 3.63) is 0 Å². The summed E-state index contributed by atoms with van der Waals surface area (Å²) in [6, 6.07) is 0.132. The molecule has 1 aliphatic rings. The number of nitrogens with one attached hydrogen (secondary N) is 1. The predicted molar refractivity (Wildman–Crippen MR) is 55.7 cm³/mol. The Balaban J connectivity index is 2.29. The fourth-order valence-corrected chi connectivity index (χ4v) is 1.78. The van der Waals surface area contributed by atoms with E-state index in [9.17, 15) is 9.59 Å². The molecule has 0 aromatic heterocycles. The van der Waals surface area contributed by atoms with E-state index in [1.54, 1.807) is 4.90 Å². The van der Waals surface area contributed by atoms with Crippen LogP contribution in [0.1, 0.15) is 32.6 Å². The van der Waals surface area contributed by atoms with Crippen LogP contribution in [0.25, 0.3) is 0 Å². The molecule has 5 nitrogen and oxygen atoms in total. The minimum Gasteiger partial charge on any atom is -0.481 e. The van der Waals surface area contributed by atoms with Gasteiger partial charge in [-0.25, -0.2) is 4.79 Å². The van der Waals surface area contributed by atoms with Crippen LogP contribution in [-0.2, 0) is 4.79 Å². The summed E-state index contributed by atoms with van der Waals surface area (Å²) in [6.07, 6.45) is 3.22.